The number of rotatable bonds is 1. The van der Waals surface area contributed by atoms with E-state index in [0.717, 1.165) is 6.42 Å². The Morgan fingerprint density at radius 3 is 2.60 bits per heavy atom. The average molecular weight is 204 g/mol. The Labute approximate surface area is 92.5 Å². The monoisotopic (exact) mass is 204 g/mol. The van der Waals surface area contributed by atoms with Crippen molar-refractivity contribution in [1.82, 2.24) is 0 Å². The third kappa shape index (κ3) is 1.69. The molecule has 0 N–H and O–H groups in total. The van der Waals surface area contributed by atoms with Crippen molar-refractivity contribution in [2.24, 2.45) is 0 Å². The predicted molar refractivity (Wildman–Crippen MR) is 63.3 cm³/mol. The first-order chi connectivity index (χ1) is 7.06. The lowest BCUT2D eigenvalue weighted by Crippen LogP contribution is -2.36. The molecule has 1 nitrogen and oxygen atoms in total. The molecular formula is C14H20O. The number of fused-ring (bicyclic) bond motifs is 1. The highest BCUT2D eigenvalue weighted by Crippen LogP contribution is 2.43. The normalized spacial score (nSPS) is 28.5. The molecule has 1 aliphatic carbocycles. The van der Waals surface area contributed by atoms with Gasteiger partial charge in [-0.1, -0.05) is 45.0 Å². The Bertz CT molecular complexity index is 354. The molecule has 1 heteroatoms. The molecule has 0 bridgehead atoms. The zero-order valence-electron chi connectivity index (χ0n) is 10.1. The second kappa shape index (κ2) is 3.64. The van der Waals surface area contributed by atoms with Gasteiger partial charge in [-0.05, 0) is 23.0 Å². The summed E-state index contributed by atoms with van der Waals surface area (Å²) in [5, 5.41) is 0. The highest BCUT2D eigenvalue weighted by molar-refractivity contribution is 5.39. The Morgan fingerprint density at radius 2 is 1.93 bits per heavy atom. The van der Waals surface area contributed by atoms with E-state index in [-0.39, 0.29) is 5.41 Å². The van der Waals surface area contributed by atoms with Gasteiger partial charge in [0.15, 0.2) is 0 Å². The molecule has 0 aromatic heterocycles. The molecule has 0 aliphatic heterocycles. The van der Waals surface area contributed by atoms with Crippen molar-refractivity contribution < 1.29 is 4.74 Å². The molecule has 0 radical (unpaired) electrons. The van der Waals surface area contributed by atoms with Crippen LogP contribution >= 0.6 is 0 Å². The second-order valence-corrected chi connectivity index (χ2v) is 5.24. The second-order valence-electron chi connectivity index (χ2n) is 5.24. The highest BCUT2D eigenvalue weighted by atomic mass is 16.5. The van der Waals surface area contributed by atoms with Gasteiger partial charge < -0.3 is 4.74 Å². The lowest BCUT2D eigenvalue weighted by molar-refractivity contribution is 0.0510. The molecule has 0 unspecified atom stereocenters. The summed E-state index contributed by atoms with van der Waals surface area (Å²) in [7, 11) is 1.82. The van der Waals surface area contributed by atoms with Gasteiger partial charge in [-0.15, -0.1) is 0 Å². The molecule has 1 aromatic carbocycles. The van der Waals surface area contributed by atoms with E-state index in [4.69, 9.17) is 4.74 Å². The zero-order valence-corrected chi connectivity index (χ0v) is 10.1. The first-order valence-corrected chi connectivity index (χ1v) is 5.68. The van der Waals surface area contributed by atoms with Crippen molar-refractivity contribution in [3.8, 4) is 0 Å². The molecule has 0 heterocycles. The van der Waals surface area contributed by atoms with Crippen LogP contribution < -0.4 is 0 Å². The van der Waals surface area contributed by atoms with Crippen LogP contribution in [0.5, 0.6) is 0 Å². The van der Waals surface area contributed by atoms with Crippen LogP contribution in [-0.2, 0) is 10.2 Å². The van der Waals surface area contributed by atoms with Crippen molar-refractivity contribution >= 4 is 0 Å². The van der Waals surface area contributed by atoms with Crippen LogP contribution in [0.1, 0.15) is 44.2 Å². The van der Waals surface area contributed by atoms with Crippen molar-refractivity contribution in [2.45, 2.75) is 44.6 Å². The molecule has 1 aliphatic rings. The van der Waals surface area contributed by atoms with E-state index in [2.05, 4.69) is 45.0 Å². The third-order valence-electron chi connectivity index (χ3n) is 3.75. The summed E-state index contributed by atoms with van der Waals surface area (Å²) in [6, 6.07) is 8.77. The molecule has 0 fully saturated rings. The molecule has 2 atom stereocenters. The molecular weight excluding hydrogens is 184 g/mol. The summed E-state index contributed by atoms with van der Waals surface area (Å²) in [6.07, 6.45) is 1.47. The summed E-state index contributed by atoms with van der Waals surface area (Å²) < 4.78 is 5.60. The van der Waals surface area contributed by atoms with Gasteiger partial charge in [0.1, 0.15) is 0 Å². The molecule has 0 amide bonds. The lowest BCUT2D eigenvalue weighted by atomic mass is 9.68. The Morgan fingerprint density at radius 1 is 1.27 bits per heavy atom. The predicted octanol–water partition coefficient (Wildman–Crippen LogP) is 3.49. The summed E-state index contributed by atoms with van der Waals surface area (Å²) in [4.78, 5) is 0. The molecule has 1 aromatic rings. The Kier molecular flexibility index (Phi) is 2.59. The first kappa shape index (κ1) is 10.7. The maximum atomic E-state index is 5.60. The fourth-order valence-electron chi connectivity index (χ4n) is 2.79. The SMILES string of the molecule is CO[C@@H]1CC(C)(C)c2ccccc2[C@@H]1C. The van der Waals surface area contributed by atoms with Crippen molar-refractivity contribution in [3.05, 3.63) is 35.4 Å². The number of methoxy groups -OCH3 is 1. The smallest absolute Gasteiger partial charge is 0.0645 e. The summed E-state index contributed by atoms with van der Waals surface area (Å²) in [5.41, 5.74) is 3.19. The molecule has 0 saturated carbocycles. The van der Waals surface area contributed by atoms with E-state index in [9.17, 15) is 0 Å². The minimum atomic E-state index is 0.240. The topological polar surface area (TPSA) is 9.23 Å². The Balaban J connectivity index is 2.50. The summed E-state index contributed by atoms with van der Waals surface area (Å²) >= 11 is 0. The van der Waals surface area contributed by atoms with Crippen LogP contribution in [0, 0.1) is 0 Å². The van der Waals surface area contributed by atoms with Gasteiger partial charge in [0, 0.05) is 13.0 Å². The standard InChI is InChI=1S/C14H20O/c1-10-11-7-5-6-8-12(11)14(2,3)9-13(10)15-4/h5-8,10,13H,9H2,1-4H3/t10-,13+/m0/s1. The summed E-state index contributed by atoms with van der Waals surface area (Å²) in [6.45, 7) is 6.88. The van der Waals surface area contributed by atoms with Crippen LogP contribution in [0.4, 0.5) is 0 Å². The van der Waals surface area contributed by atoms with E-state index in [1.807, 2.05) is 7.11 Å². The van der Waals surface area contributed by atoms with Gasteiger partial charge in [0.2, 0.25) is 0 Å². The molecule has 0 saturated heterocycles. The molecule has 82 valence electrons. The van der Waals surface area contributed by atoms with Crippen LogP contribution in [0.15, 0.2) is 24.3 Å². The zero-order chi connectivity index (χ0) is 11.1. The molecule has 15 heavy (non-hydrogen) atoms. The maximum absolute atomic E-state index is 5.60. The van der Waals surface area contributed by atoms with Crippen LogP contribution in [0.3, 0.4) is 0 Å². The van der Waals surface area contributed by atoms with Gasteiger partial charge in [-0.3, -0.25) is 0 Å². The van der Waals surface area contributed by atoms with Gasteiger partial charge in [0.25, 0.3) is 0 Å². The first-order valence-electron chi connectivity index (χ1n) is 5.68. The van der Waals surface area contributed by atoms with E-state index in [1.54, 1.807) is 0 Å². The Hall–Kier alpha value is -0.820. The summed E-state index contributed by atoms with van der Waals surface area (Å²) in [5.74, 6) is 0.513. The van der Waals surface area contributed by atoms with Crippen molar-refractivity contribution in [1.29, 1.82) is 0 Å². The van der Waals surface area contributed by atoms with Gasteiger partial charge in [0.05, 0.1) is 6.10 Å². The quantitative estimate of drug-likeness (QED) is 0.680. The van der Waals surface area contributed by atoms with E-state index < -0.39 is 0 Å². The van der Waals surface area contributed by atoms with Crippen molar-refractivity contribution in [3.63, 3.8) is 0 Å². The highest BCUT2D eigenvalue weighted by Gasteiger charge is 2.36. The van der Waals surface area contributed by atoms with Crippen molar-refractivity contribution in [2.75, 3.05) is 7.11 Å². The number of ether oxygens (including phenoxy) is 1. The van der Waals surface area contributed by atoms with Crippen LogP contribution in [-0.4, -0.2) is 13.2 Å². The number of benzene rings is 1. The van der Waals surface area contributed by atoms with Crippen LogP contribution in [0.25, 0.3) is 0 Å². The minimum absolute atomic E-state index is 0.240. The largest absolute Gasteiger partial charge is 0.381 e. The third-order valence-corrected chi connectivity index (χ3v) is 3.75. The molecule has 2 rings (SSSR count). The van der Waals surface area contributed by atoms with E-state index in [1.165, 1.54) is 11.1 Å². The fourth-order valence-corrected chi connectivity index (χ4v) is 2.79. The van der Waals surface area contributed by atoms with Crippen LogP contribution in [0.2, 0.25) is 0 Å². The van der Waals surface area contributed by atoms with Gasteiger partial charge in [-0.2, -0.15) is 0 Å². The number of hydrogen-bond acceptors (Lipinski definition) is 1. The van der Waals surface area contributed by atoms with Gasteiger partial charge in [-0.25, -0.2) is 0 Å². The van der Waals surface area contributed by atoms with E-state index >= 15 is 0 Å². The lowest BCUT2D eigenvalue weighted by Gasteiger charge is -2.40. The number of hydrogen-bond donors (Lipinski definition) is 0. The average Bonchev–Trinajstić information content (AvgIpc) is 2.24. The molecule has 0 spiro atoms. The fraction of sp³-hybridized carbons (Fsp3) is 0.571. The minimum Gasteiger partial charge on any atom is -0.381 e. The van der Waals surface area contributed by atoms with E-state index in [0.29, 0.717) is 12.0 Å². The van der Waals surface area contributed by atoms with Gasteiger partial charge >= 0.3 is 0 Å². The maximum Gasteiger partial charge on any atom is 0.0645 e.